The molecule has 0 aliphatic heterocycles. The molecule has 0 radical (unpaired) electrons. The maximum absolute atomic E-state index is 12.5. The van der Waals surface area contributed by atoms with Crippen LogP contribution < -0.4 is 5.32 Å². The Labute approximate surface area is 415 Å². The minimum atomic E-state index is -0.855. The number of allylic oxidation sites excluding steroid dienone is 21. The van der Waals surface area contributed by atoms with Crippen LogP contribution >= 0.6 is 0 Å². The summed E-state index contributed by atoms with van der Waals surface area (Å²) in [6.45, 7) is 4.19. The lowest BCUT2D eigenvalue weighted by molar-refractivity contribution is -0.123. The second-order valence-corrected chi connectivity index (χ2v) is 18.3. The van der Waals surface area contributed by atoms with E-state index in [1.165, 1.54) is 116 Å². The lowest BCUT2D eigenvalue weighted by atomic mass is 10.0. The molecule has 0 aromatic heterocycles. The Balaban J connectivity index is 3.67. The summed E-state index contributed by atoms with van der Waals surface area (Å²) in [6.07, 6.45) is 88.8. The summed E-state index contributed by atoms with van der Waals surface area (Å²) in [7, 11) is 0. The molecular formula is C63H105NO3. The quantitative estimate of drug-likeness (QED) is 0.0421. The maximum atomic E-state index is 12.5. The average Bonchev–Trinajstić information content (AvgIpc) is 3.33. The van der Waals surface area contributed by atoms with Gasteiger partial charge >= 0.3 is 0 Å². The van der Waals surface area contributed by atoms with Gasteiger partial charge in [-0.3, -0.25) is 4.79 Å². The van der Waals surface area contributed by atoms with Gasteiger partial charge in [0.1, 0.15) is 0 Å². The Morgan fingerprint density at radius 3 is 0.985 bits per heavy atom. The van der Waals surface area contributed by atoms with E-state index in [9.17, 15) is 15.0 Å². The Kier molecular flexibility index (Phi) is 53.9. The molecule has 2 atom stereocenters. The molecular weight excluding hydrogens is 819 g/mol. The maximum Gasteiger partial charge on any atom is 0.220 e. The van der Waals surface area contributed by atoms with Gasteiger partial charge in [0.25, 0.3) is 0 Å². The fraction of sp³-hybridized carbons (Fsp3) is 0.635. The highest BCUT2D eigenvalue weighted by Gasteiger charge is 2.18. The van der Waals surface area contributed by atoms with E-state index in [0.717, 1.165) is 103 Å². The van der Waals surface area contributed by atoms with Gasteiger partial charge in [-0.15, -0.1) is 0 Å². The molecule has 380 valence electrons. The zero-order chi connectivity index (χ0) is 48.5. The SMILES string of the molecule is CC/C=C\C/C=C\C/C=C\C/C=C\C/C=C\C/C=C\C/C=C\C/C=C\C/C=C\C/C=C\CCCCCCCCC(=O)NC(CO)C(O)/C=C/CCCCCCCCCCCCCCCCCC. The van der Waals surface area contributed by atoms with Gasteiger partial charge in [-0.1, -0.05) is 270 Å². The van der Waals surface area contributed by atoms with Gasteiger partial charge in [0, 0.05) is 6.42 Å². The van der Waals surface area contributed by atoms with Crippen molar-refractivity contribution < 1.29 is 15.0 Å². The Morgan fingerprint density at radius 1 is 0.373 bits per heavy atom. The summed E-state index contributed by atoms with van der Waals surface area (Å²) in [5.41, 5.74) is 0. The van der Waals surface area contributed by atoms with E-state index in [4.69, 9.17) is 0 Å². The number of hydrogen-bond donors (Lipinski definition) is 3. The van der Waals surface area contributed by atoms with E-state index >= 15 is 0 Å². The van der Waals surface area contributed by atoms with Crippen LogP contribution in [0.2, 0.25) is 0 Å². The number of hydrogen-bond acceptors (Lipinski definition) is 3. The average molecular weight is 925 g/mol. The number of aliphatic hydroxyl groups excluding tert-OH is 2. The van der Waals surface area contributed by atoms with Crippen molar-refractivity contribution in [1.82, 2.24) is 5.32 Å². The minimum absolute atomic E-state index is 0.0833. The summed E-state index contributed by atoms with van der Waals surface area (Å²) < 4.78 is 0. The lowest BCUT2D eigenvalue weighted by Gasteiger charge is -2.20. The van der Waals surface area contributed by atoms with Gasteiger partial charge in [0.05, 0.1) is 18.8 Å². The molecule has 3 N–H and O–H groups in total. The van der Waals surface area contributed by atoms with Crippen LogP contribution in [0.3, 0.4) is 0 Å². The molecule has 1 amide bonds. The predicted octanol–water partition coefficient (Wildman–Crippen LogP) is 18.6. The summed E-state index contributed by atoms with van der Waals surface area (Å²) in [5, 5.41) is 23.1. The molecule has 0 aliphatic carbocycles. The van der Waals surface area contributed by atoms with E-state index in [2.05, 4.69) is 141 Å². The van der Waals surface area contributed by atoms with Crippen molar-refractivity contribution in [3.05, 3.63) is 134 Å². The highest BCUT2D eigenvalue weighted by molar-refractivity contribution is 5.76. The van der Waals surface area contributed by atoms with E-state index in [1.807, 2.05) is 6.08 Å². The number of carbonyl (C=O) groups is 1. The standard InChI is InChI=1S/C63H105NO3/c1-3-5-7-9-11-13-15-17-19-21-23-24-25-26-27-28-29-30-31-32-33-34-35-36-37-38-39-40-41-43-45-47-49-51-53-55-57-59-63(67)64-61(60-65)62(66)58-56-54-52-50-48-46-44-42-22-20-18-16-14-12-10-8-6-4-2/h5,7,11,13,17,19,23-24,26-27,29-30,32-33,35-36,38-39,41,43,56,58,61-62,65-66H,3-4,6,8-10,12,14-16,18,20-22,25,28,31,34,37,40,42,44-55,57,59-60H2,1-2H3,(H,64,67)/b7-5-,13-11-,19-17-,24-23-,27-26-,30-29-,33-32-,36-35-,39-38-,43-41-,58-56+. The number of rotatable bonds is 49. The van der Waals surface area contributed by atoms with Crippen molar-refractivity contribution in [3.63, 3.8) is 0 Å². The van der Waals surface area contributed by atoms with Crippen molar-refractivity contribution in [1.29, 1.82) is 0 Å². The van der Waals surface area contributed by atoms with Gasteiger partial charge in [0.15, 0.2) is 0 Å². The Hall–Kier alpha value is -3.47. The molecule has 0 aliphatic rings. The Bertz CT molecular complexity index is 1370. The molecule has 0 spiro atoms. The molecule has 0 rings (SSSR count). The second kappa shape index (κ2) is 56.9. The fourth-order valence-electron chi connectivity index (χ4n) is 7.68. The third kappa shape index (κ3) is 53.4. The van der Waals surface area contributed by atoms with Crippen LogP contribution in [-0.4, -0.2) is 34.9 Å². The van der Waals surface area contributed by atoms with Crippen LogP contribution in [0.5, 0.6) is 0 Å². The van der Waals surface area contributed by atoms with E-state index in [1.54, 1.807) is 6.08 Å². The molecule has 0 saturated heterocycles. The fourth-order valence-corrected chi connectivity index (χ4v) is 7.68. The number of unbranched alkanes of at least 4 members (excludes halogenated alkanes) is 22. The molecule has 0 saturated carbocycles. The Morgan fingerprint density at radius 2 is 0.657 bits per heavy atom. The van der Waals surface area contributed by atoms with Crippen LogP contribution in [0, 0.1) is 0 Å². The van der Waals surface area contributed by atoms with Crippen LogP contribution in [0.1, 0.15) is 239 Å². The van der Waals surface area contributed by atoms with Crippen molar-refractivity contribution in [2.24, 2.45) is 0 Å². The largest absolute Gasteiger partial charge is 0.394 e. The first-order chi connectivity index (χ1) is 33.2. The first kappa shape index (κ1) is 63.5. The third-order valence-electron chi connectivity index (χ3n) is 11.9. The molecule has 0 bridgehead atoms. The van der Waals surface area contributed by atoms with Gasteiger partial charge < -0.3 is 15.5 Å². The zero-order valence-corrected chi connectivity index (χ0v) is 43.6. The highest BCUT2D eigenvalue weighted by Crippen LogP contribution is 2.15. The first-order valence-electron chi connectivity index (χ1n) is 27.9. The summed E-state index contributed by atoms with van der Waals surface area (Å²) in [4.78, 5) is 12.5. The van der Waals surface area contributed by atoms with Crippen LogP contribution in [-0.2, 0) is 4.79 Å². The zero-order valence-electron chi connectivity index (χ0n) is 43.6. The van der Waals surface area contributed by atoms with Gasteiger partial charge in [-0.2, -0.15) is 0 Å². The van der Waals surface area contributed by atoms with Crippen molar-refractivity contribution >= 4 is 5.91 Å². The molecule has 2 unspecified atom stereocenters. The van der Waals surface area contributed by atoms with Crippen molar-refractivity contribution in [2.45, 2.75) is 251 Å². The van der Waals surface area contributed by atoms with E-state index < -0.39 is 12.1 Å². The lowest BCUT2D eigenvalue weighted by Crippen LogP contribution is -2.45. The van der Waals surface area contributed by atoms with Gasteiger partial charge in [-0.25, -0.2) is 0 Å². The number of nitrogens with one attached hydrogen (secondary N) is 1. The van der Waals surface area contributed by atoms with E-state index in [0.29, 0.717) is 6.42 Å². The number of aliphatic hydroxyl groups is 2. The normalized spacial score (nSPS) is 13.9. The van der Waals surface area contributed by atoms with Gasteiger partial charge in [-0.05, 0) is 96.3 Å². The van der Waals surface area contributed by atoms with Crippen LogP contribution in [0.25, 0.3) is 0 Å². The molecule has 67 heavy (non-hydrogen) atoms. The monoisotopic (exact) mass is 924 g/mol. The van der Waals surface area contributed by atoms with Crippen molar-refractivity contribution in [2.75, 3.05) is 6.61 Å². The molecule has 4 nitrogen and oxygen atoms in total. The first-order valence-corrected chi connectivity index (χ1v) is 27.9. The molecule has 4 heteroatoms. The molecule has 0 aromatic rings. The second-order valence-electron chi connectivity index (χ2n) is 18.3. The summed E-state index contributed by atoms with van der Waals surface area (Å²) in [5.74, 6) is -0.0833. The van der Waals surface area contributed by atoms with Crippen molar-refractivity contribution in [3.8, 4) is 0 Å². The minimum Gasteiger partial charge on any atom is -0.394 e. The van der Waals surface area contributed by atoms with Crippen LogP contribution in [0.15, 0.2) is 134 Å². The van der Waals surface area contributed by atoms with Crippen LogP contribution in [0.4, 0.5) is 0 Å². The van der Waals surface area contributed by atoms with Gasteiger partial charge in [0.2, 0.25) is 5.91 Å². The predicted molar refractivity (Wildman–Crippen MR) is 299 cm³/mol. The molecule has 0 fully saturated rings. The molecule has 0 heterocycles. The third-order valence-corrected chi connectivity index (χ3v) is 11.9. The summed E-state index contributed by atoms with van der Waals surface area (Å²) >= 11 is 0. The number of carbonyl (C=O) groups excluding carboxylic acids is 1. The highest BCUT2D eigenvalue weighted by atomic mass is 16.3. The summed E-state index contributed by atoms with van der Waals surface area (Å²) in [6, 6.07) is -0.640. The smallest absolute Gasteiger partial charge is 0.220 e. The topological polar surface area (TPSA) is 69.6 Å². The van der Waals surface area contributed by atoms with E-state index in [-0.39, 0.29) is 12.5 Å². The number of amides is 1. The molecule has 0 aromatic carbocycles.